The first-order valence-electron chi connectivity index (χ1n) is 7.91. The van der Waals surface area contributed by atoms with Crippen molar-refractivity contribution >= 4 is 21.6 Å². The Balaban J connectivity index is 1.94. The number of nitrogens with zero attached hydrogens (tertiary/aromatic N) is 1. The molecule has 1 amide bonds. The fraction of sp³-hybridized carbons (Fsp3) is 0.278. The van der Waals surface area contributed by atoms with Crippen molar-refractivity contribution in [3.05, 3.63) is 48.5 Å². The summed E-state index contributed by atoms with van der Waals surface area (Å²) in [5.41, 5.74) is 2.58. The molecule has 1 heterocycles. The van der Waals surface area contributed by atoms with Crippen molar-refractivity contribution in [1.29, 1.82) is 0 Å². The maximum atomic E-state index is 12.4. The molecule has 1 saturated heterocycles. The van der Waals surface area contributed by atoms with E-state index in [2.05, 4.69) is 0 Å². The number of amides is 1. The molecule has 2 aromatic carbocycles. The number of hydrogen-bond acceptors (Lipinski definition) is 4. The third-order valence-corrected chi connectivity index (χ3v) is 5.18. The maximum Gasteiger partial charge on any atom is 0.227 e. The molecule has 1 fully saturated rings. The van der Waals surface area contributed by atoms with Gasteiger partial charge in [0.15, 0.2) is 0 Å². The van der Waals surface area contributed by atoms with Gasteiger partial charge in [0.1, 0.15) is 5.75 Å². The van der Waals surface area contributed by atoms with Gasteiger partial charge in [-0.25, -0.2) is 13.6 Å². The smallest absolute Gasteiger partial charge is 0.227 e. The third kappa shape index (κ3) is 4.00. The average molecular weight is 360 g/mol. The number of benzene rings is 2. The molecule has 1 aliphatic heterocycles. The molecule has 0 aromatic heterocycles. The molecular weight excluding hydrogens is 340 g/mol. The first-order valence-corrected chi connectivity index (χ1v) is 9.63. The Hall–Kier alpha value is -2.38. The third-order valence-electron chi connectivity index (χ3n) is 4.25. The van der Waals surface area contributed by atoms with Gasteiger partial charge >= 0.3 is 0 Å². The summed E-state index contributed by atoms with van der Waals surface area (Å²) in [6, 6.07) is 15.2. The van der Waals surface area contributed by atoms with Crippen LogP contribution in [0.3, 0.4) is 0 Å². The lowest BCUT2D eigenvalue weighted by atomic mass is 10.0. The molecule has 2 N–H and O–H groups in total. The number of carbonyl (C=O) groups is 1. The van der Waals surface area contributed by atoms with Crippen LogP contribution in [-0.2, 0) is 14.8 Å². The number of ether oxygens (including phenoxy) is 1. The van der Waals surface area contributed by atoms with Gasteiger partial charge in [-0.15, -0.1) is 0 Å². The lowest BCUT2D eigenvalue weighted by Gasteiger charge is -2.21. The molecule has 0 radical (unpaired) electrons. The summed E-state index contributed by atoms with van der Waals surface area (Å²) in [6.45, 7) is 0.343. The van der Waals surface area contributed by atoms with E-state index < -0.39 is 10.0 Å². The van der Waals surface area contributed by atoms with E-state index in [0.29, 0.717) is 6.54 Å². The summed E-state index contributed by atoms with van der Waals surface area (Å²) in [6.07, 6.45) is 0.183. The minimum absolute atomic E-state index is 0.0935. The van der Waals surface area contributed by atoms with E-state index in [4.69, 9.17) is 9.88 Å². The summed E-state index contributed by atoms with van der Waals surface area (Å²) in [5, 5.41) is 5.13. The zero-order chi connectivity index (χ0) is 18.0. The van der Waals surface area contributed by atoms with Gasteiger partial charge in [0.05, 0.1) is 18.6 Å². The van der Waals surface area contributed by atoms with E-state index in [-0.39, 0.29) is 24.0 Å². The lowest BCUT2D eigenvalue weighted by Crippen LogP contribution is -2.27. The molecule has 0 spiro atoms. The van der Waals surface area contributed by atoms with Crippen LogP contribution < -0.4 is 14.8 Å². The van der Waals surface area contributed by atoms with Crippen molar-refractivity contribution in [3.63, 3.8) is 0 Å². The van der Waals surface area contributed by atoms with Crippen LogP contribution >= 0.6 is 0 Å². The predicted octanol–water partition coefficient (Wildman–Crippen LogP) is 2.00. The number of rotatable bonds is 5. The summed E-state index contributed by atoms with van der Waals surface area (Å²) in [4.78, 5) is 14.1. The number of para-hydroxylation sites is 1. The number of sulfonamides is 1. The van der Waals surface area contributed by atoms with Crippen LogP contribution in [0.2, 0.25) is 0 Å². The minimum atomic E-state index is -3.60. The van der Waals surface area contributed by atoms with Gasteiger partial charge in [-0.1, -0.05) is 30.3 Å². The van der Waals surface area contributed by atoms with E-state index in [1.54, 1.807) is 12.0 Å². The quantitative estimate of drug-likeness (QED) is 0.883. The molecule has 7 heteroatoms. The molecule has 0 aliphatic carbocycles. The van der Waals surface area contributed by atoms with Gasteiger partial charge in [-0.05, 0) is 23.8 Å². The van der Waals surface area contributed by atoms with Crippen molar-refractivity contribution < 1.29 is 17.9 Å². The van der Waals surface area contributed by atoms with Crippen molar-refractivity contribution in [1.82, 2.24) is 0 Å². The van der Waals surface area contributed by atoms with Crippen LogP contribution in [0, 0.1) is 5.92 Å². The second-order valence-electron chi connectivity index (χ2n) is 6.15. The van der Waals surface area contributed by atoms with E-state index in [1.165, 1.54) is 0 Å². The number of nitrogens with two attached hydrogens (primary N) is 1. The second kappa shape index (κ2) is 6.85. The number of anilines is 1. The van der Waals surface area contributed by atoms with Crippen molar-refractivity contribution in [2.45, 2.75) is 6.42 Å². The van der Waals surface area contributed by atoms with Gasteiger partial charge in [0, 0.05) is 24.4 Å². The van der Waals surface area contributed by atoms with E-state index >= 15 is 0 Å². The lowest BCUT2D eigenvalue weighted by molar-refractivity contribution is -0.117. The van der Waals surface area contributed by atoms with Crippen LogP contribution in [0.15, 0.2) is 48.5 Å². The number of hydrogen-bond donors (Lipinski definition) is 1. The normalized spacial score (nSPS) is 17.8. The summed E-state index contributed by atoms with van der Waals surface area (Å²) in [5.74, 6) is 0.160. The Labute approximate surface area is 147 Å². The summed E-state index contributed by atoms with van der Waals surface area (Å²) >= 11 is 0. The molecule has 3 rings (SSSR count). The van der Waals surface area contributed by atoms with Crippen molar-refractivity contribution in [3.8, 4) is 16.9 Å². The highest BCUT2D eigenvalue weighted by atomic mass is 32.2. The average Bonchev–Trinajstić information content (AvgIpc) is 2.93. The molecule has 132 valence electrons. The van der Waals surface area contributed by atoms with Gasteiger partial charge in [0.2, 0.25) is 15.9 Å². The molecule has 0 saturated carbocycles. The topological polar surface area (TPSA) is 89.7 Å². The predicted molar refractivity (Wildman–Crippen MR) is 96.9 cm³/mol. The largest absolute Gasteiger partial charge is 0.497 e. The minimum Gasteiger partial charge on any atom is -0.497 e. The molecule has 0 bridgehead atoms. The van der Waals surface area contributed by atoms with Crippen LogP contribution in [-0.4, -0.2) is 33.7 Å². The highest BCUT2D eigenvalue weighted by Gasteiger charge is 2.33. The Bertz CT molecular complexity index is 895. The highest BCUT2D eigenvalue weighted by molar-refractivity contribution is 7.89. The summed E-state index contributed by atoms with van der Waals surface area (Å²) < 4.78 is 27.9. The Morgan fingerprint density at radius 3 is 2.68 bits per heavy atom. The number of methoxy groups -OCH3 is 1. The number of primary sulfonamides is 1. The van der Waals surface area contributed by atoms with Crippen LogP contribution in [0.5, 0.6) is 5.75 Å². The Morgan fingerprint density at radius 1 is 1.20 bits per heavy atom. The van der Waals surface area contributed by atoms with E-state index in [0.717, 1.165) is 22.6 Å². The van der Waals surface area contributed by atoms with E-state index in [9.17, 15) is 13.2 Å². The van der Waals surface area contributed by atoms with Gasteiger partial charge in [-0.3, -0.25) is 4.79 Å². The monoisotopic (exact) mass is 360 g/mol. The second-order valence-corrected chi connectivity index (χ2v) is 7.81. The Morgan fingerprint density at radius 2 is 1.96 bits per heavy atom. The first kappa shape index (κ1) is 17.4. The fourth-order valence-electron chi connectivity index (χ4n) is 3.20. The van der Waals surface area contributed by atoms with Gasteiger partial charge in [-0.2, -0.15) is 0 Å². The van der Waals surface area contributed by atoms with Crippen LogP contribution in [0.25, 0.3) is 11.1 Å². The molecule has 25 heavy (non-hydrogen) atoms. The fourth-order valence-corrected chi connectivity index (χ4v) is 4.08. The standard InChI is InChI=1S/C18H20N2O4S/c1-24-15-6-4-5-14(10-15)16-7-2-3-8-17(16)20-11-13(9-18(20)21)12-25(19,22)23/h2-8,10,13H,9,11-12H2,1H3,(H2,19,22,23). The number of carbonyl (C=O) groups excluding carboxylic acids is 1. The SMILES string of the molecule is COc1cccc(-c2ccccc2N2CC(CS(N)(=O)=O)CC2=O)c1. The first-order chi connectivity index (χ1) is 11.9. The van der Waals surface area contributed by atoms with Crippen LogP contribution in [0.1, 0.15) is 6.42 Å². The molecule has 1 atom stereocenters. The highest BCUT2D eigenvalue weighted by Crippen LogP contribution is 2.35. The van der Waals surface area contributed by atoms with Crippen LogP contribution in [0.4, 0.5) is 5.69 Å². The van der Waals surface area contributed by atoms with Crippen molar-refractivity contribution in [2.75, 3.05) is 24.3 Å². The zero-order valence-electron chi connectivity index (χ0n) is 13.9. The van der Waals surface area contributed by atoms with Gasteiger partial charge in [0.25, 0.3) is 0 Å². The molecule has 2 aromatic rings. The zero-order valence-corrected chi connectivity index (χ0v) is 14.7. The molecular formula is C18H20N2O4S. The molecule has 6 nitrogen and oxygen atoms in total. The van der Waals surface area contributed by atoms with Crippen molar-refractivity contribution in [2.24, 2.45) is 11.1 Å². The molecule has 1 unspecified atom stereocenters. The van der Waals surface area contributed by atoms with E-state index in [1.807, 2.05) is 48.5 Å². The molecule has 1 aliphatic rings. The van der Waals surface area contributed by atoms with Gasteiger partial charge < -0.3 is 9.64 Å². The summed E-state index contributed by atoms with van der Waals surface area (Å²) in [7, 11) is -2.00. The Kier molecular flexibility index (Phi) is 4.78. The maximum absolute atomic E-state index is 12.4.